The van der Waals surface area contributed by atoms with Gasteiger partial charge in [-0.1, -0.05) is 30.3 Å². The summed E-state index contributed by atoms with van der Waals surface area (Å²) in [5.41, 5.74) is 1.24. The van der Waals surface area contributed by atoms with Crippen molar-refractivity contribution >= 4 is 17.3 Å². The Kier molecular flexibility index (Phi) is 3.71. The predicted molar refractivity (Wildman–Crippen MR) is 59.7 cm³/mol. The Balaban J connectivity index is 2.59. The summed E-state index contributed by atoms with van der Waals surface area (Å²) in [6.07, 6.45) is 0. The topological polar surface area (TPSA) is 24.1 Å². The molecule has 0 saturated carbocycles. The zero-order valence-electron chi connectivity index (χ0n) is 7.87. The molecule has 1 atom stereocenters. The number of benzene rings is 1. The van der Waals surface area contributed by atoms with Gasteiger partial charge in [0.05, 0.1) is 6.04 Å². The lowest BCUT2D eigenvalue weighted by Crippen LogP contribution is -2.34. The molecule has 13 heavy (non-hydrogen) atoms. The van der Waals surface area contributed by atoms with Gasteiger partial charge in [-0.05, 0) is 24.7 Å². The van der Waals surface area contributed by atoms with Gasteiger partial charge in [0.1, 0.15) is 0 Å². The van der Waals surface area contributed by atoms with Crippen LogP contribution in [0.15, 0.2) is 30.3 Å². The molecular formula is C10H14N2S. The van der Waals surface area contributed by atoms with Crippen molar-refractivity contribution < 1.29 is 0 Å². The summed E-state index contributed by atoms with van der Waals surface area (Å²) in [6, 6.07) is 10.5. The quantitative estimate of drug-likeness (QED) is 0.703. The van der Waals surface area contributed by atoms with Crippen LogP contribution in [0.2, 0.25) is 0 Å². The molecule has 0 saturated heterocycles. The van der Waals surface area contributed by atoms with Crippen molar-refractivity contribution in [2.45, 2.75) is 13.0 Å². The molecule has 0 aliphatic rings. The van der Waals surface area contributed by atoms with E-state index in [1.807, 2.05) is 25.2 Å². The van der Waals surface area contributed by atoms with Crippen LogP contribution < -0.4 is 10.6 Å². The molecular weight excluding hydrogens is 180 g/mol. The normalized spacial score (nSPS) is 11.8. The van der Waals surface area contributed by atoms with Crippen molar-refractivity contribution in [1.29, 1.82) is 0 Å². The summed E-state index contributed by atoms with van der Waals surface area (Å²) in [6.45, 7) is 2.08. The minimum Gasteiger partial charge on any atom is -0.366 e. The summed E-state index contributed by atoms with van der Waals surface area (Å²) in [4.78, 5) is 0. The standard InChI is InChI=1S/C10H14N2S/c1-8(12-10(13)11-2)9-6-4-3-5-7-9/h3-8H,1-2H3,(H2,11,12,13)/t8-/m0/s1. The third kappa shape index (κ3) is 3.03. The maximum atomic E-state index is 5.01. The van der Waals surface area contributed by atoms with Crippen molar-refractivity contribution in [2.24, 2.45) is 0 Å². The van der Waals surface area contributed by atoms with Gasteiger partial charge < -0.3 is 10.6 Å². The zero-order valence-corrected chi connectivity index (χ0v) is 8.69. The predicted octanol–water partition coefficient (Wildman–Crippen LogP) is 1.84. The molecule has 0 heterocycles. The Hall–Kier alpha value is -1.09. The first-order valence-corrected chi connectivity index (χ1v) is 4.68. The number of nitrogens with one attached hydrogen (secondary N) is 2. The van der Waals surface area contributed by atoms with Gasteiger partial charge in [-0.15, -0.1) is 0 Å². The molecule has 1 rings (SSSR count). The van der Waals surface area contributed by atoms with E-state index in [0.29, 0.717) is 5.11 Å². The second-order valence-corrected chi connectivity index (χ2v) is 3.26. The van der Waals surface area contributed by atoms with E-state index in [-0.39, 0.29) is 6.04 Å². The van der Waals surface area contributed by atoms with E-state index >= 15 is 0 Å². The number of hydrogen-bond donors (Lipinski definition) is 2. The second kappa shape index (κ2) is 4.82. The lowest BCUT2D eigenvalue weighted by Gasteiger charge is -2.15. The second-order valence-electron chi connectivity index (χ2n) is 2.86. The molecule has 0 spiro atoms. The molecule has 0 radical (unpaired) electrons. The van der Waals surface area contributed by atoms with E-state index in [1.54, 1.807) is 0 Å². The van der Waals surface area contributed by atoms with Gasteiger partial charge >= 0.3 is 0 Å². The van der Waals surface area contributed by atoms with E-state index in [4.69, 9.17) is 12.2 Å². The van der Waals surface area contributed by atoms with Crippen LogP contribution in [0.1, 0.15) is 18.5 Å². The van der Waals surface area contributed by atoms with Crippen LogP contribution in [0.4, 0.5) is 0 Å². The maximum Gasteiger partial charge on any atom is 0.166 e. The van der Waals surface area contributed by atoms with Gasteiger partial charge in [-0.25, -0.2) is 0 Å². The monoisotopic (exact) mass is 194 g/mol. The fraction of sp³-hybridized carbons (Fsp3) is 0.300. The van der Waals surface area contributed by atoms with Crippen molar-refractivity contribution in [3.63, 3.8) is 0 Å². The third-order valence-corrected chi connectivity index (χ3v) is 2.20. The molecule has 0 aliphatic heterocycles. The SMILES string of the molecule is CNC(=S)N[C@@H](C)c1ccccc1. The molecule has 0 bridgehead atoms. The summed E-state index contributed by atoms with van der Waals surface area (Å²) >= 11 is 5.01. The lowest BCUT2D eigenvalue weighted by molar-refractivity contribution is 0.709. The number of thiocarbonyl (C=S) groups is 1. The highest BCUT2D eigenvalue weighted by Gasteiger charge is 2.03. The Morgan fingerprint density at radius 2 is 1.92 bits per heavy atom. The molecule has 0 aliphatic carbocycles. The van der Waals surface area contributed by atoms with Crippen LogP contribution in [0, 0.1) is 0 Å². The van der Waals surface area contributed by atoms with Gasteiger partial charge in [-0.2, -0.15) is 0 Å². The molecule has 2 nitrogen and oxygen atoms in total. The number of rotatable bonds is 2. The van der Waals surface area contributed by atoms with Gasteiger partial charge in [0, 0.05) is 7.05 Å². The molecule has 0 aromatic heterocycles. The van der Waals surface area contributed by atoms with Crippen LogP contribution in [-0.2, 0) is 0 Å². The van der Waals surface area contributed by atoms with Gasteiger partial charge in [-0.3, -0.25) is 0 Å². The molecule has 70 valence electrons. The maximum absolute atomic E-state index is 5.01. The summed E-state index contributed by atoms with van der Waals surface area (Å²) in [7, 11) is 1.81. The Morgan fingerprint density at radius 3 is 2.46 bits per heavy atom. The highest BCUT2D eigenvalue weighted by molar-refractivity contribution is 7.80. The average molecular weight is 194 g/mol. The first-order chi connectivity index (χ1) is 6.24. The Bertz CT molecular complexity index is 272. The van der Waals surface area contributed by atoms with E-state index in [9.17, 15) is 0 Å². The highest BCUT2D eigenvalue weighted by Crippen LogP contribution is 2.10. The summed E-state index contributed by atoms with van der Waals surface area (Å²) in [5.74, 6) is 0. The molecule has 0 unspecified atom stereocenters. The van der Waals surface area contributed by atoms with Gasteiger partial charge in [0.25, 0.3) is 0 Å². The minimum atomic E-state index is 0.251. The van der Waals surface area contributed by atoms with E-state index in [0.717, 1.165) is 0 Å². The smallest absolute Gasteiger partial charge is 0.166 e. The van der Waals surface area contributed by atoms with Crippen LogP contribution in [0.5, 0.6) is 0 Å². The molecule has 2 N–H and O–H groups in total. The van der Waals surface area contributed by atoms with Crippen molar-refractivity contribution in [2.75, 3.05) is 7.05 Å². The highest BCUT2D eigenvalue weighted by atomic mass is 32.1. The van der Waals surface area contributed by atoms with Crippen LogP contribution in [0.25, 0.3) is 0 Å². The summed E-state index contributed by atoms with van der Waals surface area (Å²) in [5, 5.41) is 6.73. The van der Waals surface area contributed by atoms with Crippen LogP contribution in [0.3, 0.4) is 0 Å². The average Bonchev–Trinajstić information content (AvgIpc) is 2.19. The number of hydrogen-bond acceptors (Lipinski definition) is 1. The fourth-order valence-electron chi connectivity index (χ4n) is 1.09. The zero-order chi connectivity index (χ0) is 9.68. The summed E-state index contributed by atoms with van der Waals surface area (Å²) < 4.78 is 0. The molecule has 3 heteroatoms. The molecule has 0 amide bonds. The molecule has 1 aromatic rings. The Labute approximate surface area is 84.3 Å². The van der Waals surface area contributed by atoms with Crippen molar-refractivity contribution in [3.8, 4) is 0 Å². The Morgan fingerprint density at radius 1 is 1.31 bits per heavy atom. The van der Waals surface area contributed by atoms with Crippen molar-refractivity contribution in [3.05, 3.63) is 35.9 Å². The minimum absolute atomic E-state index is 0.251. The molecule has 1 aromatic carbocycles. The first kappa shape index (κ1) is 9.99. The fourth-order valence-corrected chi connectivity index (χ4v) is 1.27. The van der Waals surface area contributed by atoms with Gasteiger partial charge in [0.2, 0.25) is 0 Å². The van der Waals surface area contributed by atoms with Gasteiger partial charge in [0.15, 0.2) is 5.11 Å². The first-order valence-electron chi connectivity index (χ1n) is 4.27. The molecule has 0 fully saturated rings. The third-order valence-electron chi connectivity index (χ3n) is 1.87. The lowest BCUT2D eigenvalue weighted by atomic mass is 10.1. The van der Waals surface area contributed by atoms with Crippen LogP contribution >= 0.6 is 12.2 Å². The van der Waals surface area contributed by atoms with Crippen LogP contribution in [-0.4, -0.2) is 12.2 Å². The van der Waals surface area contributed by atoms with E-state index in [1.165, 1.54) is 5.56 Å². The van der Waals surface area contributed by atoms with Crippen molar-refractivity contribution in [1.82, 2.24) is 10.6 Å². The van der Waals surface area contributed by atoms with E-state index < -0.39 is 0 Å². The largest absolute Gasteiger partial charge is 0.366 e. The van der Waals surface area contributed by atoms with E-state index in [2.05, 4.69) is 29.7 Å².